The van der Waals surface area contributed by atoms with Crippen molar-refractivity contribution >= 4 is 34.7 Å². The van der Waals surface area contributed by atoms with Crippen molar-refractivity contribution in [3.63, 3.8) is 0 Å². The molecule has 0 fully saturated rings. The Balaban J connectivity index is 1.40. The summed E-state index contributed by atoms with van der Waals surface area (Å²) in [5, 5.41) is 27.2. The van der Waals surface area contributed by atoms with Gasteiger partial charge in [0.2, 0.25) is 17.7 Å². The van der Waals surface area contributed by atoms with E-state index in [0.29, 0.717) is 17.3 Å². The number of aromatic amines is 1. The second-order valence-corrected chi connectivity index (χ2v) is 16.5. The smallest absolute Gasteiger partial charge is 0.261 e. The zero-order valence-corrected chi connectivity index (χ0v) is 35.9. The maximum Gasteiger partial charge on any atom is 0.261 e. The number of para-hydroxylation sites is 3. The minimum Gasteiger partial charge on any atom is -0.497 e. The summed E-state index contributed by atoms with van der Waals surface area (Å²) in [5.74, 6) is -0.790. The van der Waals surface area contributed by atoms with Gasteiger partial charge in [0.05, 0.1) is 36.8 Å². The first kappa shape index (κ1) is 45.8. The predicted octanol–water partition coefficient (Wildman–Crippen LogP) is 4.57. The van der Waals surface area contributed by atoms with Crippen molar-refractivity contribution in [1.29, 1.82) is 0 Å². The third kappa shape index (κ3) is 13.1. The number of methoxy groups -OCH3 is 1. The summed E-state index contributed by atoms with van der Waals surface area (Å²) in [6.07, 6.45) is -2.33. The molecule has 7 N–H and O–H groups in total. The standard InChI is InChI=1S/C47H59N7O7/c1-29(2)39(44(57)49-28-38-50-35-20-14-15-21-36(35)51-38)53-45(58)40(48-27-32-22-24-33(60-7)25-23-32)41(55)37(26-31-16-10-8-11-17-31)52-46(59)42(47(4,5)6)54-43(56)30(3)61-34-18-12-9-13-19-34/h8-25,29-30,37,39-42,48,55H,26-28H2,1-7H3,(H,49,57)(H,50,51)(H,52,59)(H,53,58)(H,54,56)/t30?,37-,39-,40+,41+,42+/m0/s1. The number of carbonyl (C=O) groups excluding carboxylic acids is 4. The normalized spacial score (nSPS) is 14.5. The van der Waals surface area contributed by atoms with Crippen LogP contribution in [0, 0.1) is 11.3 Å². The number of amides is 4. The third-order valence-electron chi connectivity index (χ3n) is 10.3. The van der Waals surface area contributed by atoms with Crippen molar-refractivity contribution in [2.75, 3.05) is 7.11 Å². The van der Waals surface area contributed by atoms with Crippen molar-refractivity contribution in [1.82, 2.24) is 36.6 Å². The van der Waals surface area contributed by atoms with E-state index >= 15 is 0 Å². The Morgan fingerprint density at radius 1 is 0.689 bits per heavy atom. The van der Waals surface area contributed by atoms with E-state index in [2.05, 4.69) is 36.6 Å². The first-order valence-corrected chi connectivity index (χ1v) is 20.6. The Kier molecular flexibility index (Phi) is 16.0. The van der Waals surface area contributed by atoms with Crippen molar-refractivity contribution in [3.05, 3.63) is 126 Å². The number of H-pyrrole nitrogens is 1. The van der Waals surface area contributed by atoms with Gasteiger partial charge in [-0.05, 0) is 72.2 Å². The number of nitrogens with zero attached hydrogens (tertiary/aromatic N) is 1. The Morgan fingerprint density at radius 2 is 1.33 bits per heavy atom. The van der Waals surface area contributed by atoms with Gasteiger partial charge in [-0.15, -0.1) is 0 Å². The number of nitrogens with one attached hydrogen (secondary N) is 6. The number of aliphatic hydroxyl groups excluding tert-OH is 1. The molecule has 0 aliphatic carbocycles. The van der Waals surface area contributed by atoms with Crippen LogP contribution in [-0.4, -0.2) is 82.2 Å². The monoisotopic (exact) mass is 833 g/mol. The summed E-state index contributed by atoms with van der Waals surface area (Å²) in [5.41, 5.74) is 2.39. The SMILES string of the molecule is COc1ccc(CN[C@@H](C(=O)N[C@H](C(=O)NCc2nc3ccccc3[nH]2)C(C)C)[C@H](O)[C@H](Cc2ccccc2)NC(=O)[C@@H](NC(=O)C(C)Oc2ccccc2)C(C)(C)C)cc1. The second kappa shape index (κ2) is 21.3. The summed E-state index contributed by atoms with van der Waals surface area (Å²) < 4.78 is 11.2. The number of imidazole rings is 1. The molecule has 4 aromatic carbocycles. The molecule has 14 nitrogen and oxygen atoms in total. The molecule has 14 heteroatoms. The van der Waals surface area contributed by atoms with Crippen LogP contribution in [0.1, 0.15) is 58.5 Å². The molecule has 0 aliphatic rings. The van der Waals surface area contributed by atoms with E-state index in [1.54, 1.807) is 50.4 Å². The maximum atomic E-state index is 14.5. The fourth-order valence-corrected chi connectivity index (χ4v) is 6.80. The van der Waals surface area contributed by atoms with Gasteiger partial charge in [-0.2, -0.15) is 0 Å². The number of hydrogen-bond acceptors (Lipinski definition) is 9. The zero-order chi connectivity index (χ0) is 44.1. The Bertz CT molecular complexity index is 2160. The number of aliphatic hydroxyl groups is 1. The summed E-state index contributed by atoms with van der Waals surface area (Å²) in [4.78, 5) is 63.8. The van der Waals surface area contributed by atoms with E-state index in [9.17, 15) is 24.3 Å². The molecule has 1 heterocycles. The molecule has 6 atom stereocenters. The van der Waals surface area contributed by atoms with E-state index < -0.39 is 65.4 Å². The molecular weight excluding hydrogens is 775 g/mol. The van der Waals surface area contributed by atoms with Crippen LogP contribution in [0.25, 0.3) is 11.0 Å². The largest absolute Gasteiger partial charge is 0.497 e. The van der Waals surface area contributed by atoms with Crippen molar-refractivity contribution in [2.45, 2.75) is 97.4 Å². The van der Waals surface area contributed by atoms with Gasteiger partial charge >= 0.3 is 0 Å². The van der Waals surface area contributed by atoms with Crippen LogP contribution in [0.2, 0.25) is 0 Å². The molecule has 5 aromatic rings. The van der Waals surface area contributed by atoms with Crippen LogP contribution in [0.4, 0.5) is 0 Å². The van der Waals surface area contributed by atoms with Gasteiger partial charge in [0.1, 0.15) is 35.4 Å². The maximum absolute atomic E-state index is 14.5. The average molecular weight is 834 g/mol. The fourth-order valence-electron chi connectivity index (χ4n) is 6.80. The van der Waals surface area contributed by atoms with Crippen molar-refractivity contribution in [2.24, 2.45) is 11.3 Å². The molecule has 0 aliphatic heterocycles. The Labute approximate surface area is 357 Å². The highest BCUT2D eigenvalue weighted by Gasteiger charge is 2.40. The number of rotatable bonds is 20. The number of aromatic nitrogens is 2. The quantitative estimate of drug-likeness (QED) is 0.0588. The summed E-state index contributed by atoms with van der Waals surface area (Å²) in [7, 11) is 1.57. The highest BCUT2D eigenvalue weighted by molar-refractivity contribution is 5.91. The van der Waals surface area contributed by atoms with E-state index in [1.165, 1.54) is 0 Å². The second-order valence-electron chi connectivity index (χ2n) is 16.5. The molecule has 4 amide bonds. The van der Waals surface area contributed by atoms with Gasteiger partial charge in [0.25, 0.3) is 5.91 Å². The molecule has 0 bridgehead atoms. The number of ether oxygens (including phenoxy) is 2. The van der Waals surface area contributed by atoms with Gasteiger partial charge in [0.15, 0.2) is 6.10 Å². The Morgan fingerprint density at radius 3 is 1.95 bits per heavy atom. The first-order valence-electron chi connectivity index (χ1n) is 20.6. The van der Waals surface area contributed by atoms with Crippen molar-refractivity contribution < 1.29 is 33.8 Å². The predicted molar refractivity (Wildman–Crippen MR) is 234 cm³/mol. The molecule has 1 aromatic heterocycles. The lowest BCUT2D eigenvalue weighted by atomic mass is 9.85. The lowest BCUT2D eigenvalue weighted by molar-refractivity contribution is -0.136. The number of benzene rings is 4. The summed E-state index contributed by atoms with van der Waals surface area (Å²) in [6.45, 7) is 10.9. The van der Waals surface area contributed by atoms with Crippen LogP contribution < -0.4 is 36.1 Å². The van der Waals surface area contributed by atoms with Gasteiger partial charge in [-0.3, -0.25) is 24.5 Å². The molecule has 61 heavy (non-hydrogen) atoms. The third-order valence-corrected chi connectivity index (χ3v) is 10.3. The minimum atomic E-state index is -1.54. The van der Waals surface area contributed by atoms with Crippen LogP contribution in [-0.2, 0) is 38.7 Å². The number of fused-ring (bicyclic) bond motifs is 1. The lowest BCUT2D eigenvalue weighted by Crippen LogP contribution is -2.64. The van der Waals surface area contributed by atoms with E-state index in [1.807, 2.05) is 107 Å². The Hall–Kier alpha value is -6.25. The molecular formula is C47H59N7O7. The molecule has 0 saturated heterocycles. The fraction of sp³-hybridized carbons (Fsp3) is 0.383. The summed E-state index contributed by atoms with van der Waals surface area (Å²) >= 11 is 0. The number of hydrogen-bond donors (Lipinski definition) is 7. The molecule has 0 spiro atoms. The van der Waals surface area contributed by atoms with E-state index in [0.717, 1.165) is 22.2 Å². The van der Waals surface area contributed by atoms with Gasteiger partial charge < -0.3 is 40.8 Å². The lowest BCUT2D eigenvalue weighted by Gasteiger charge is -2.36. The average Bonchev–Trinajstić information content (AvgIpc) is 3.67. The highest BCUT2D eigenvalue weighted by atomic mass is 16.5. The van der Waals surface area contributed by atoms with E-state index in [4.69, 9.17) is 9.47 Å². The molecule has 0 saturated carbocycles. The molecule has 324 valence electrons. The van der Waals surface area contributed by atoms with Crippen LogP contribution in [0.3, 0.4) is 0 Å². The number of carbonyl (C=O) groups is 4. The van der Waals surface area contributed by atoms with Gasteiger partial charge in [-0.25, -0.2) is 4.98 Å². The van der Waals surface area contributed by atoms with Gasteiger partial charge in [-0.1, -0.05) is 107 Å². The molecule has 0 radical (unpaired) electrons. The topological polar surface area (TPSA) is 196 Å². The molecule has 1 unspecified atom stereocenters. The van der Waals surface area contributed by atoms with Crippen LogP contribution in [0.5, 0.6) is 11.5 Å². The molecule has 5 rings (SSSR count). The van der Waals surface area contributed by atoms with Crippen LogP contribution in [0.15, 0.2) is 109 Å². The van der Waals surface area contributed by atoms with Crippen molar-refractivity contribution in [3.8, 4) is 11.5 Å². The zero-order valence-electron chi connectivity index (χ0n) is 35.9. The minimum absolute atomic E-state index is 0.0994. The highest BCUT2D eigenvalue weighted by Crippen LogP contribution is 2.22. The van der Waals surface area contributed by atoms with Gasteiger partial charge in [0, 0.05) is 6.54 Å². The first-order chi connectivity index (χ1) is 29.1. The van der Waals surface area contributed by atoms with Crippen LogP contribution >= 0.6 is 0 Å². The summed E-state index contributed by atoms with van der Waals surface area (Å²) in [6, 6.07) is 28.5. The van der Waals surface area contributed by atoms with E-state index in [-0.39, 0.29) is 25.4 Å².